The highest BCUT2D eigenvalue weighted by Crippen LogP contribution is 2.12. The number of nitrogens with one attached hydrogen (secondary N) is 3. The predicted molar refractivity (Wildman–Crippen MR) is 105 cm³/mol. The SMILES string of the molecule is COc1ccc(C=CC(=O)NC(=S)NNC(=O)c2cccc(C)c2)cc1. The molecular formula is C19H19N3O3S. The van der Waals surface area contributed by atoms with E-state index in [9.17, 15) is 9.59 Å². The second kappa shape index (κ2) is 9.33. The standard InChI is InChI=1S/C19H19N3O3S/c1-13-4-3-5-15(12-13)18(24)21-22-19(26)20-17(23)11-8-14-6-9-16(25-2)10-7-14/h3-12H,1-2H3,(H,21,24)(H2,20,22,23,26). The van der Waals surface area contributed by atoms with Crippen molar-refractivity contribution in [2.24, 2.45) is 0 Å². The minimum atomic E-state index is -0.414. The summed E-state index contributed by atoms with van der Waals surface area (Å²) < 4.78 is 5.07. The smallest absolute Gasteiger partial charge is 0.269 e. The summed E-state index contributed by atoms with van der Waals surface area (Å²) in [5.41, 5.74) is 7.23. The van der Waals surface area contributed by atoms with Crippen LogP contribution in [0.1, 0.15) is 21.5 Å². The molecule has 0 atom stereocenters. The van der Waals surface area contributed by atoms with E-state index < -0.39 is 5.91 Å². The van der Waals surface area contributed by atoms with Gasteiger partial charge in [0.25, 0.3) is 5.91 Å². The second-order valence-corrected chi connectivity index (χ2v) is 5.78. The lowest BCUT2D eigenvalue weighted by atomic mass is 10.1. The molecule has 2 amide bonds. The van der Waals surface area contributed by atoms with E-state index in [0.29, 0.717) is 5.56 Å². The maximum atomic E-state index is 12.0. The van der Waals surface area contributed by atoms with Gasteiger partial charge in [-0.3, -0.25) is 25.8 Å². The summed E-state index contributed by atoms with van der Waals surface area (Å²) in [6.45, 7) is 1.89. The maximum Gasteiger partial charge on any atom is 0.269 e. The summed E-state index contributed by atoms with van der Waals surface area (Å²) in [7, 11) is 1.59. The number of aryl methyl sites for hydroxylation is 1. The number of carbonyl (C=O) groups excluding carboxylic acids is 2. The third kappa shape index (κ3) is 6.03. The quantitative estimate of drug-likeness (QED) is 0.438. The van der Waals surface area contributed by atoms with Crippen LogP contribution >= 0.6 is 12.2 Å². The number of rotatable bonds is 4. The number of methoxy groups -OCH3 is 1. The average Bonchev–Trinajstić information content (AvgIpc) is 2.65. The van der Waals surface area contributed by atoms with Crippen LogP contribution in [-0.4, -0.2) is 24.0 Å². The molecule has 0 saturated heterocycles. The molecule has 2 rings (SSSR count). The predicted octanol–water partition coefficient (Wildman–Crippen LogP) is 2.35. The average molecular weight is 369 g/mol. The first-order valence-corrected chi connectivity index (χ1v) is 8.19. The van der Waals surface area contributed by atoms with Crippen molar-refractivity contribution < 1.29 is 14.3 Å². The van der Waals surface area contributed by atoms with Gasteiger partial charge in [0.1, 0.15) is 5.75 Å². The lowest BCUT2D eigenvalue weighted by Crippen LogP contribution is -2.48. The maximum absolute atomic E-state index is 12.0. The number of hydrogen-bond donors (Lipinski definition) is 3. The minimum absolute atomic E-state index is 0.00427. The molecule has 0 aliphatic rings. The highest BCUT2D eigenvalue weighted by Gasteiger charge is 2.06. The molecule has 7 heteroatoms. The van der Waals surface area contributed by atoms with Gasteiger partial charge in [0.15, 0.2) is 5.11 Å². The molecule has 3 N–H and O–H groups in total. The van der Waals surface area contributed by atoms with Gasteiger partial charge < -0.3 is 4.74 Å². The first-order valence-electron chi connectivity index (χ1n) is 7.78. The first-order chi connectivity index (χ1) is 12.5. The van der Waals surface area contributed by atoms with E-state index in [0.717, 1.165) is 16.9 Å². The zero-order valence-electron chi connectivity index (χ0n) is 14.4. The summed E-state index contributed by atoms with van der Waals surface area (Å²) in [6.07, 6.45) is 2.99. The largest absolute Gasteiger partial charge is 0.497 e. The van der Waals surface area contributed by atoms with Crippen molar-refractivity contribution in [1.29, 1.82) is 0 Å². The topological polar surface area (TPSA) is 79.5 Å². The number of carbonyl (C=O) groups is 2. The van der Waals surface area contributed by atoms with E-state index in [2.05, 4.69) is 16.2 Å². The number of amides is 2. The fraction of sp³-hybridized carbons (Fsp3) is 0.105. The molecule has 0 bridgehead atoms. The molecule has 6 nitrogen and oxygen atoms in total. The van der Waals surface area contributed by atoms with E-state index in [1.54, 1.807) is 43.5 Å². The van der Waals surface area contributed by atoms with Crippen molar-refractivity contribution in [2.45, 2.75) is 6.92 Å². The fourth-order valence-electron chi connectivity index (χ4n) is 2.04. The molecule has 0 heterocycles. The summed E-state index contributed by atoms with van der Waals surface area (Å²) >= 11 is 4.98. The molecule has 0 radical (unpaired) electrons. The fourth-order valence-corrected chi connectivity index (χ4v) is 2.20. The summed E-state index contributed by atoms with van der Waals surface area (Å²) in [6, 6.07) is 14.3. The van der Waals surface area contributed by atoms with Gasteiger partial charge in [-0.2, -0.15) is 0 Å². The van der Waals surface area contributed by atoms with Crippen molar-refractivity contribution in [3.8, 4) is 5.75 Å². The molecule has 2 aromatic rings. The van der Waals surface area contributed by atoms with Gasteiger partial charge in [-0.1, -0.05) is 29.8 Å². The molecule has 0 aromatic heterocycles. The molecule has 0 aliphatic heterocycles. The van der Waals surface area contributed by atoms with Crippen LogP contribution in [0.2, 0.25) is 0 Å². The normalized spacial score (nSPS) is 10.2. The molecular weight excluding hydrogens is 350 g/mol. The van der Waals surface area contributed by atoms with Crippen LogP contribution in [0.15, 0.2) is 54.6 Å². The van der Waals surface area contributed by atoms with E-state index in [4.69, 9.17) is 17.0 Å². The van der Waals surface area contributed by atoms with E-state index in [1.165, 1.54) is 6.08 Å². The minimum Gasteiger partial charge on any atom is -0.497 e. The number of thiocarbonyl (C=S) groups is 1. The van der Waals surface area contributed by atoms with E-state index in [-0.39, 0.29) is 11.0 Å². The monoisotopic (exact) mass is 369 g/mol. The van der Waals surface area contributed by atoms with Crippen molar-refractivity contribution in [3.05, 3.63) is 71.3 Å². The Hall–Kier alpha value is -3.19. The van der Waals surface area contributed by atoms with Crippen LogP contribution in [0.25, 0.3) is 6.08 Å². The highest BCUT2D eigenvalue weighted by molar-refractivity contribution is 7.80. The molecule has 2 aromatic carbocycles. The summed E-state index contributed by atoms with van der Waals surface area (Å²) in [5, 5.41) is 2.44. The van der Waals surface area contributed by atoms with Gasteiger partial charge in [-0.25, -0.2) is 0 Å². The summed E-state index contributed by atoms with van der Waals surface area (Å²) in [4.78, 5) is 23.8. The van der Waals surface area contributed by atoms with Gasteiger partial charge in [0, 0.05) is 11.6 Å². The number of benzene rings is 2. The lowest BCUT2D eigenvalue weighted by molar-refractivity contribution is -0.115. The number of hydrogen-bond acceptors (Lipinski definition) is 4. The van der Waals surface area contributed by atoms with Gasteiger partial charge in [-0.05, 0) is 55.0 Å². The molecule has 0 saturated carbocycles. The van der Waals surface area contributed by atoms with Gasteiger partial charge >= 0.3 is 0 Å². The molecule has 0 aliphatic carbocycles. The Labute approximate surface area is 157 Å². The Bertz CT molecular complexity index is 832. The van der Waals surface area contributed by atoms with Crippen LogP contribution in [0.5, 0.6) is 5.75 Å². The van der Waals surface area contributed by atoms with Crippen LogP contribution in [-0.2, 0) is 4.79 Å². The van der Waals surface area contributed by atoms with Crippen molar-refractivity contribution >= 4 is 35.2 Å². The van der Waals surface area contributed by atoms with Crippen molar-refractivity contribution in [3.63, 3.8) is 0 Å². The molecule has 0 unspecified atom stereocenters. The number of hydrazine groups is 1. The molecule has 26 heavy (non-hydrogen) atoms. The Balaban J connectivity index is 1.80. The summed E-state index contributed by atoms with van der Waals surface area (Å²) in [5.74, 6) is -0.0245. The Morgan fingerprint density at radius 1 is 1.08 bits per heavy atom. The van der Waals surface area contributed by atoms with Crippen LogP contribution in [0.4, 0.5) is 0 Å². The van der Waals surface area contributed by atoms with Crippen LogP contribution in [0, 0.1) is 6.92 Å². The molecule has 0 fully saturated rings. The van der Waals surface area contributed by atoms with Crippen molar-refractivity contribution in [1.82, 2.24) is 16.2 Å². The van der Waals surface area contributed by atoms with E-state index in [1.807, 2.05) is 25.1 Å². The molecule has 134 valence electrons. The first kappa shape index (κ1) is 19.1. The van der Waals surface area contributed by atoms with Crippen LogP contribution in [0.3, 0.4) is 0 Å². The Morgan fingerprint density at radius 3 is 2.46 bits per heavy atom. The zero-order valence-corrected chi connectivity index (χ0v) is 15.2. The van der Waals surface area contributed by atoms with E-state index >= 15 is 0 Å². The second-order valence-electron chi connectivity index (χ2n) is 5.37. The third-order valence-corrected chi connectivity index (χ3v) is 3.55. The van der Waals surface area contributed by atoms with Crippen molar-refractivity contribution in [2.75, 3.05) is 7.11 Å². The van der Waals surface area contributed by atoms with Gasteiger partial charge in [-0.15, -0.1) is 0 Å². The molecule has 0 spiro atoms. The Kier molecular flexibility index (Phi) is 6.87. The van der Waals surface area contributed by atoms with Crippen LogP contribution < -0.4 is 20.9 Å². The lowest BCUT2D eigenvalue weighted by Gasteiger charge is -2.10. The number of ether oxygens (including phenoxy) is 1. The Morgan fingerprint density at radius 2 is 1.81 bits per heavy atom. The van der Waals surface area contributed by atoms with Gasteiger partial charge in [0.05, 0.1) is 7.11 Å². The zero-order chi connectivity index (χ0) is 18.9. The highest BCUT2D eigenvalue weighted by atomic mass is 32.1. The third-order valence-electron chi connectivity index (χ3n) is 3.35. The van der Waals surface area contributed by atoms with Gasteiger partial charge in [0.2, 0.25) is 5.91 Å².